The number of rotatable bonds is 4. The number of hydrogen-bond donors (Lipinski definition) is 2. The maximum atomic E-state index is 13.2. The van der Waals surface area contributed by atoms with Crippen LogP contribution in [0.4, 0.5) is 11.5 Å². The summed E-state index contributed by atoms with van der Waals surface area (Å²) in [5, 5.41) is 3.10. The second kappa shape index (κ2) is 8.52. The summed E-state index contributed by atoms with van der Waals surface area (Å²) < 4.78 is 6.58. The molecule has 0 saturated carbocycles. The molecule has 1 amide bonds. The van der Waals surface area contributed by atoms with Gasteiger partial charge in [0.1, 0.15) is 5.82 Å². The zero-order chi connectivity index (χ0) is 23.0. The van der Waals surface area contributed by atoms with Crippen molar-refractivity contribution in [1.82, 2.24) is 10.3 Å². The third-order valence-corrected chi connectivity index (χ3v) is 6.73. The number of carbonyl (C=O) groups excluding carboxylic acids is 1. The molecule has 0 bridgehead atoms. The Hall–Kier alpha value is -3.38. The summed E-state index contributed by atoms with van der Waals surface area (Å²) in [6, 6.07) is 18.2. The number of nitrogen functional groups attached to an aromatic ring is 1. The number of fused-ring (bicyclic) bond motifs is 2. The minimum atomic E-state index is -0.593. The molecular formula is C27H30N4O2. The van der Waals surface area contributed by atoms with Crippen LogP contribution < -0.4 is 16.0 Å². The largest absolute Gasteiger partial charge is 0.399 e. The maximum absolute atomic E-state index is 13.2. The molecule has 0 aliphatic carbocycles. The lowest BCUT2D eigenvalue weighted by Gasteiger charge is -2.40. The monoisotopic (exact) mass is 442 g/mol. The van der Waals surface area contributed by atoms with E-state index < -0.39 is 11.7 Å². The van der Waals surface area contributed by atoms with Gasteiger partial charge < -0.3 is 20.7 Å². The van der Waals surface area contributed by atoms with Crippen molar-refractivity contribution in [1.29, 1.82) is 0 Å². The fourth-order valence-corrected chi connectivity index (χ4v) is 5.23. The quantitative estimate of drug-likeness (QED) is 0.634. The number of nitrogens with zero attached hydrogens (tertiary/aromatic N) is 2. The first-order valence-electron chi connectivity index (χ1n) is 11.5. The van der Waals surface area contributed by atoms with Crippen molar-refractivity contribution < 1.29 is 9.53 Å². The van der Waals surface area contributed by atoms with Crippen LogP contribution >= 0.6 is 0 Å². The smallest absolute Gasteiger partial charge is 0.254 e. The van der Waals surface area contributed by atoms with Gasteiger partial charge in [-0.15, -0.1) is 0 Å². The van der Waals surface area contributed by atoms with Crippen LogP contribution in [0.3, 0.4) is 0 Å². The molecule has 3 aromatic rings. The fourth-order valence-electron chi connectivity index (χ4n) is 5.23. The third kappa shape index (κ3) is 4.18. The minimum absolute atomic E-state index is 0.0848. The van der Waals surface area contributed by atoms with Gasteiger partial charge in [0.05, 0.1) is 5.60 Å². The van der Waals surface area contributed by atoms with Crippen LogP contribution in [0.1, 0.15) is 46.8 Å². The van der Waals surface area contributed by atoms with Crippen molar-refractivity contribution in [2.24, 2.45) is 0 Å². The third-order valence-electron chi connectivity index (χ3n) is 6.73. The van der Waals surface area contributed by atoms with E-state index in [-0.39, 0.29) is 5.91 Å². The Morgan fingerprint density at radius 2 is 1.85 bits per heavy atom. The highest BCUT2D eigenvalue weighted by molar-refractivity contribution is 5.83. The van der Waals surface area contributed by atoms with Crippen LogP contribution in [-0.4, -0.2) is 24.0 Å². The molecule has 3 heterocycles. The molecule has 1 spiro atoms. The summed E-state index contributed by atoms with van der Waals surface area (Å²) in [6.45, 7) is 6.22. The zero-order valence-corrected chi connectivity index (χ0v) is 19.2. The molecule has 6 heteroatoms. The topological polar surface area (TPSA) is 80.5 Å². The van der Waals surface area contributed by atoms with E-state index in [2.05, 4.69) is 53.3 Å². The molecule has 1 fully saturated rings. The van der Waals surface area contributed by atoms with Crippen molar-refractivity contribution in [2.45, 2.75) is 44.9 Å². The van der Waals surface area contributed by atoms with Crippen molar-refractivity contribution in [3.63, 3.8) is 0 Å². The highest BCUT2D eigenvalue weighted by atomic mass is 16.5. The molecule has 170 valence electrons. The van der Waals surface area contributed by atoms with E-state index in [9.17, 15) is 4.79 Å². The van der Waals surface area contributed by atoms with Crippen LogP contribution in [-0.2, 0) is 21.7 Å². The van der Waals surface area contributed by atoms with Gasteiger partial charge in [-0.05, 0) is 49.4 Å². The van der Waals surface area contributed by atoms with Crippen LogP contribution in [0.25, 0.3) is 0 Å². The van der Waals surface area contributed by atoms with Gasteiger partial charge in [-0.3, -0.25) is 4.79 Å². The fraction of sp³-hybridized carbons (Fsp3) is 0.333. The van der Waals surface area contributed by atoms with Gasteiger partial charge in [-0.1, -0.05) is 53.6 Å². The molecule has 2 aliphatic rings. The Kier molecular flexibility index (Phi) is 5.54. The van der Waals surface area contributed by atoms with Crippen LogP contribution in [0.15, 0.2) is 60.8 Å². The predicted molar refractivity (Wildman–Crippen MR) is 130 cm³/mol. The Balaban J connectivity index is 1.32. The molecule has 1 aromatic heterocycles. The van der Waals surface area contributed by atoms with Crippen LogP contribution in [0, 0.1) is 13.8 Å². The van der Waals surface area contributed by atoms with Gasteiger partial charge in [-0.25, -0.2) is 4.98 Å². The number of aryl methyl sites for hydroxylation is 2. The number of hydrogen-bond acceptors (Lipinski definition) is 5. The molecule has 2 aromatic carbocycles. The van der Waals surface area contributed by atoms with Crippen molar-refractivity contribution in [2.75, 3.05) is 23.7 Å². The second-order valence-corrected chi connectivity index (χ2v) is 9.23. The number of aromatic nitrogens is 1. The van der Waals surface area contributed by atoms with E-state index in [0.29, 0.717) is 12.2 Å². The summed E-state index contributed by atoms with van der Waals surface area (Å²) in [4.78, 5) is 19.9. The van der Waals surface area contributed by atoms with E-state index in [1.807, 2.05) is 24.3 Å². The molecule has 33 heavy (non-hydrogen) atoms. The SMILES string of the molecule is Cc1cc(C)cc(CNC(=O)C2OC3(CCN(c4cc(N)ccn4)CC3)c3ccccc32)c1. The number of piperidine rings is 1. The molecule has 2 aliphatic heterocycles. The van der Waals surface area contributed by atoms with Crippen LogP contribution in [0.2, 0.25) is 0 Å². The summed E-state index contributed by atoms with van der Waals surface area (Å²) in [6.07, 6.45) is 2.74. The number of benzene rings is 2. The Morgan fingerprint density at radius 1 is 1.12 bits per heavy atom. The minimum Gasteiger partial charge on any atom is -0.399 e. The lowest BCUT2D eigenvalue weighted by Crippen LogP contribution is -2.43. The number of ether oxygens (including phenoxy) is 1. The zero-order valence-electron chi connectivity index (χ0n) is 19.2. The van der Waals surface area contributed by atoms with E-state index in [0.717, 1.165) is 48.4 Å². The van der Waals surface area contributed by atoms with Crippen molar-refractivity contribution >= 4 is 17.4 Å². The molecule has 1 saturated heterocycles. The first-order chi connectivity index (χ1) is 15.9. The summed E-state index contributed by atoms with van der Waals surface area (Å²) in [5.74, 6) is 0.803. The Labute approximate surface area is 194 Å². The first kappa shape index (κ1) is 21.5. The Bertz CT molecular complexity index is 1160. The number of carbonyl (C=O) groups is 1. The summed E-state index contributed by atoms with van der Waals surface area (Å²) in [7, 11) is 0. The van der Waals surface area contributed by atoms with Crippen molar-refractivity contribution in [3.8, 4) is 0 Å². The maximum Gasteiger partial charge on any atom is 0.254 e. The molecular weight excluding hydrogens is 412 g/mol. The number of nitrogens with two attached hydrogens (primary N) is 1. The van der Waals surface area contributed by atoms with E-state index >= 15 is 0 Å². The van der Waals surface area contributed by atoms with E-state index in [1.165, 1.54) is 11.1 Å². The van der Waals surface area contributed by atoms with Gasteiger partial charge in [-0.2, -0.15) is 0 Å². The highest BCUT2D eigenvalue weighted by Crippen LogP contribution is 2.49. The highest BCUT2D eigenvalue weighted by Gasteiger charge is 2.48. The normalized spacial score (nSPS) is 18.8. The summed E-state index contributed by atoms with van der Waals surface area (Å²) in [5.41, 5.74) is 11.8. The van der Waals surface area contributed by atoms with Gasteiger partial charge in [0.2, 0.25) is 0 Å². The van der Waals surface area contributed by atoms with Crippen molar-refractivity contribution in [3.05, 3.63) is 88.6 Å². The predicted octanol–water partition coefficient (Wildman–Crippen LogP) is 4.16. The standard InChI is InChI=1S/C27H30N4O2/c1-18-13-19(2)15-20(14-18)17-30-26(32)25-22-5-3-4-6-23(22)27(33-25)8-11-31(12-9-27)24-16-21(28)7-10-29-24/h3-7,10,13-16,25H,8-9,11-12,17H2,1-2H3,(H2,28,29)(H,30,32). The summed E-state index contributed by atoms with van der Waals surface area (Å²) >= 11 is 0. The van der Waals surface area contributed by atoms with Gasteiger partial charge in [0.15, 0.2) is 6.10 Å². The first-order valence-corrected chi connectivity index (χ1v) is 11.5. The van der Waals surface area contributed by atoms with E-state index in [4.69, 9.17) is 10.5 Å². The second-order valence-electron chi connectivity index (χ2n) is 9.23. The molecule has 3 N–H and O–H groups in total. The van der Waals surface area contributed by atoms with Gasteiger partial charge in [0, 0.05) is 37.6 Å². The Morgan fingerprint density at radius 3 is 2.58 bits per heavy atom. The number of amides is 1. The molecule has 1 unspecified atom stereocenters. The molecule has 6 nitrogen and oxygen atoms in total. The average Bonchev–Trinajstić information content (AvgIpc) is 3.12. The molecule has 1 atom stereocenters. The number of nitrogens with one attached hydrogen (secondary N) is 1. The number of pyridine rings is 1. The molecule has 5 rings (SSSR count). The number of anilines is 2. The van der Waals surface area contributed by atoms with E-state index in [1.54, 1.807) is 12.3 Å². The average molecular weight is 443 g/mol. The van der Waals surface area contributed by atoms with Gasteiger partial charge >= 0.3 is 0 Å². The molecule has 0 radical (unpaired) electrons. The van der Waals surface area contributed by atoms with Crippen LogP contribution in [0.5, 0.6) is 0 Å². The lowest BCUT2D eigenvalue weighted by atomic mass is 9.83. The van der Waals surface area contributed by atoms with Gasteiger partial charge in [0.25, 0.3) is 5.91 Å². The lowest BCUT2D eigenvalue weighted by molar-refractivity contribution is -0.147.